The molecule has 0 aliphatic heterocycles. The molecule has 1 aromatic rings. The number of rotatable bonds is 7. The molecule has 1 aromatic heterocycles. The van der Waals surface area contributed by atoms with Gasteiger partial charge in [-0.2, -0.15) is 4.98 Å². The van der Waals surface area contributed by atoms with E-state index in [0.717, 1.165) is 6.42 Å². The Hall–Kier alpha value is -0.980. The molecule has 0 saturated carbocycles. The van der Waals surface area contributed by atoms with Gasteiger partial charge in [0.1, 0.15) is 6.10 Å². The molecule has 0 spiro atoms. The third kappa shape index (κ3) is 3.94. The topological polar surface area (TPSA) is 94.4 Å². The van der Waals surface area contributed by atoms with Crippen molar-refractivity contribution >= 4 is 0 Å². The zero-order valence-corrected chi connectivity index (χ0v) is 8.85. The fourth-order valence-corrected chi connectivity index (χ4v) is 1.16. The van der Waals surface area contributed by atoms with E-state index in [9.17, 15) is 5.11 Å². The van der Waals surface area contributed by atoms with Crippen LogP contribution in [0.1, 0.15) is 30.7 Å². The second-order valence-electron chi connectivity index (χ2n) is 3.24. The first-order valence-electron chi connectivity index (χ1n) is 4.97. The van der Waals surface area contributed by atoms with Crippen LogP contribution in [0.25, 0.3) is 0 Å². The maximum Gasteiger partial charge on any atom is 0.255 e. The monoisotopic (exact) mass is 215 g/mol. The molecule has 0 aliphatic carbocycles. The van der Waals surface area contributed by atoms with Crippen molar-refractivity contribution in [1.82, 2.24) is 10.1 Å². The Labute approximate surface area is 88.4 Å². The Morgan fingerprint density at radius 3 is 3.07 bits per heavy atom. The third-order valence-electron chi connectivity index (χ3n) is 1.96. The second kappa shape index (κ2) is 6.49. The van der Waals surface area contributed by atoms with E-state index in [4.69, 9.17) is 15.0 Å². The Morgan fingerprint density at radius 2 is 2.40 bits per heavy atom. The fourth-order valence-electron chi connectivity index (χ4n) is 1.16. The van der Waals surface area contributed by atoms with Gasteiger partial charge in [-0.3, -0.25) is 0 Å². The number of hydrogen-bond acceptors (Lipinski definition) is 6. The lowest BCUT2D eigenvalue weighted by Gasteiger charge is -2.00. The highest BCUT2D eigenvalue weighted by atomic mass is 16.5. The van der Waals surface area contributed by atoms with Crippen molar-refractivity contribution in [1.29, 1.82) is 0 Å². The van der Waals surface area contributed by atoms with Gasteiger partial charge in [0, 0.05) is 20.1 Å². The minimum atomic E-state index is -0.751. The standard InChI is InChI=1S/C9H17N3O3/c1-14-6-2-3-8-11-9(15-12-8)7(13)4-5-10/h7,13H,2-6,10H2,1H3. The number of methoxy groups -OCH3 is 1. The maximum absolute atomic E-state index is 9.50. The van der Waals surface area contributed by atoms with Gasteiger partial charge in [0.2, 0.25) is 0 Å². The number of aryl methyl sites for hydroxylation is 1. The zero-order chi connectivity index (χ0) is 11.1. The number of aliphatic hydroxyl groups excluding tert-OH is 1. The molecule has 6 nitrogen and oxygen atoms in total. The first kappa shape index (κ1) is 12.1. The summed E-state index contributed by atoms with van der Waals surface area (Å²) in [6.45, 7) is 1.05. The van der Waals surface area contributed by atoms with E-state index in [-0.39, 0.29) is 5.89 Å². The summed E-state index contributed by atoms with van der Waals surface area (Å²) in [6.07, 6.45) is 1.20. The van der Waals surface area contributed by atoms with E-state index in [1.54, 1.807) is 7.11 Å². The van der Waals surface area contributed by atoms with E-state index < -0.39 is 6.10 Å². The van der Waals surface area contributed by atoms with Gasteiger partial charge in [0.25, 0.3) is 5.89 Å². The highest BCUT2D eigenvalue weighted by molar-refractivity contribution is 4.90. The Bertz CT molecular complexity index is 277. The van der Waals surface area contributed by atoms with Gasteiger partial charge >= 0.3 is 0 Å². The molecule has 1 unspecified atom stereocenters. The molecular weight excluding hydrogens is 198 g/mol. The van der Waals surface area contributed by atoms with Crippen LogP contribution in [0.3, 0.4) is 0 Å². The van der Waals surface area contributed by atoms with Crippen LogP contribution >= 0.6 is 0 Å². The summed E-state index contributed by atoms with van der Waals surface area (Å²) >= 11 is 0. The lowest BCUT2D eigenvalue weighted by Crippen LogP contribution is -2.07. The Kier molecular flexibility index (Phi) is 5.23. The molecule has 15 heavy (non-hydrogen) atoms. The van der Waals surface area contributed by atoms with Crippen molar-refractivity contribution in [2.45, 2.75) is 25.4 Å². The molecular formula is C9H17N3O3. The predicted octanol–water partition coefficient (Wildman–Crippen LogP) is 0.0308. The summed E-state index contributed by atoms with van der Waals surface area (Å²) in [7, 11) is 1.65. The van der Waals surface area contributed by atoms with Crippen LogP contribution in [-0.2, 0) is 11.2 Å². The van der Waals surface area contributed by atoms with E-state index in [1.807, 2.05) is 0 Å². The number of ether oxygens (including phenoxy) is 1. The number of nitrogens with zero attached hydrogens (tertiary/aromatic N) is 2. The van der Waals surface area contributed by atoms with Gasteiger partial charge in [-0.05, 0) is 19.4 Å². The van der Waals surface area contributed by atoms with Crippen molar-refractivity contribution in [2.75, 3.05) is 20.3 Å². The molecule has 6 heteroatoms. The predicted molar refractivity (Wildman–Crippen MR) is 53.1 cm³/mol. The Morgan fingerprint density at radius 1 is 1.60 bits per heavy atom. The summed E-state index contributed by atoms with van der Waals surface area (Å²) in [5.41, 5.74) is 5.31. The molecule has 0 amide bonds. The fraction of sp³-hybridized carbons (Fsp3) is 0.778. The van der Waals surface area contributed by atoms with Crippen LogP contribution in [0.2, 0.25) is 0 Å². The van der Waals surface area contributed by atoms with E-state index in [1.165, 1.54) is 0 Å². The molecule has 0 aliphatic rings. The molecule has 1 heterocycles. The third-order valence-corrected chi connectivity index (χ3v) is 1.96. The van der Waals surface area contributed by atoms with Crippen LogP contribution in [0, 0.1) is 0 Å². The summed E-state index contributed by atoms with van der Waals surface area (Å²) in [4.78, 5) is 4.06. The van der Waals surface area contributed by atoms with Crippen molar-refractivity contribution in [3.8, 4) is 0 Å². The first-order chi connectivity index (χ1) is 7.27. The van der Waals surface area contributed by atoms with Crippen molar-refractivity contribution < 1.29 is 14.4 Å². The summed E-state index contributed by atoms with van der Waals surface area (Å²) in [5.74, 6) is 0.839. The van der Waals surface area contributed by atoms with Crippen molar-refractivity contribution in [3.05, 3.63) is 11.7 Å². The molecule has 0 aromatic carbocycles. The molecule has 0 bridgehead atoms. The largest absolute Gasteiger partial charge is 0.385 e. The first-order valence-corrected chi connectivity index (χ1v) is 4.97. The van der Waals surface area contributed by atoms with Gasteiger partial charge in [-0.25, -0.2) is 0 Å². The van der Waals surface area contributed by atoms with E-state index in [0.29, 0.717) is 31.8 Å². The SMILES string of the molecule is COCCCc1noc(C(O)CCN)n1. The molecule has 1 rings (SSSR count). The highest BCUT2D eigenvalue weighted by Gasteiger charge is 2.14. The van der Waals surface area contributed by atoms with Gasteiger partial charge in [-0.15, -0.1) is 0 Å². The van der Waals surface area contributed by atoms with Crippen LogP contribution < -0.4 is 5.73 Å². The van der Waals surface area contributed by atoms with Gasteiger partial charge in [0.15, 0.2) is 5.82 Å². The molecule has 0 saturated heterocycles. The van der Waals surface area contributed by atoms with Crippen LogP contribution in [0.4, 0.5) is 0 Å². The van der Waals surface area contributed by atoms with Crippen LogP contribution in [0.15, 0.2) is 4.52 Å². The van der Waals surface area contributed by atoms with Gasteiger partial charge in [-0.1, -0.05) is 5.16 Å². The number of aromatic nitrogens is 2. The molecule has 3 N–H and O–H groups in total. The highest BCUT2D eigenvalue weighted by Crippen LogP contribution is 2.13. The average Bonchev–Trinajstić information content (AvgIpc) is 2.67. The minimum absolute atomic E-state index is 0.243. The van der Waals surface area contributed by atoms with E-state index in [2.05, 4.69) is 10.1 Å². The van der Waals surface area contributed by atoms with Crippen LogP contribution in [0.5, 0.6) is 0 Å². The van der Waals surface area contributed by atoms with Gasteiger partial charge in [0.05, 0.1) is 0 Å². The lowest BCUT2D eigenvalue weighted by molar-refractivity contribution is 0.127. The van der Waals surface area contributed by atoms with Crippen molar-refractivity contribution in [2.24, 2.45) is 5.73 Å². The number of nitrogens with two attached hydrogens (primary N) is 1. The molecule has 0 radical (unpaired) electrons. The summed E-state index contributed by atoms with van der Waals surface area (Å²) in [6, 6.07) is 0. The second-order valence-corrected chi connectivity index (χ2v) is 3.24. The summed E-state index contributed by atoms with van der Waals surface area (Å²) in [5, 5.41) is 13.3. The number of hydrogen-bond donors (Lipinski definition) is 2. The molecule has 86 valence electrons. The van der Waals surface area contributed by atoms with E-state index >= 15 is 0 Å². The Balaban J connectivity index is 2.41. The van der Waals surface area contributed by atoms with Crippen molar-refractivity contribution in [3.63, 3.8) is 0 Å². The zero-order valence-electron chi connectivity index (χ0n) is 8.85. The van der Waals surface area contributed by atoms with Crippen LogP contribution in [-0.4, -0.2) is 35.5 Å². The minimum Gasteiger partial charge on any atom is -0.385 e. The van der Waals surface area contributed by atoms with Gasteiger partial charge < -0.3 is 20.1 Å². The average molecular weight is 215 g/mol. The lowest BCUT2D eigenvalue weighted by atomic mass is 10.2. The maximum atomic E-state index is 9.50. The quantitative estimate of drug-likeness (QED) is 0.623. The smallest absolute Gasteiger partial charge is 0.255 e. The molecule has 0 fully saturated rings. The summed E-state index contributed by atoms with van der Waals surface area (Å²) < 4.78 is 9.81. The number of aliphatic hydroxyl groups is 1. The molecule has 1 atom stereocenters. The normalized spacial score (nSPS) is 13.0.